The Balaban J connectivity index is 1.40. The van der Waals surface area contributed by atoms with Gasteiger partial charge in [0.05, 0.1) is 18.7 Å². The third-order valence-corrected chi connectivity index (χ3v) is 6.40. The van der Waals surface area contributed by atoms with Gasteiger partial charge in [-0.05, 0) is 47.9 Å². The first-order chi connectivity index (χ1) is 15.3. The normalized spacial score (nSPS) is 20.8. The van der Waals surface area contributed by atoms with Gasteiger partial charge >= 0.3 is 0 Å². The van der Waals surface area contributed by atoms with Crippen molar-refractivity contribution < 1.29 is 4.74 Å². The molecule has 0 N–H and O–H groups in total. The lowest BCUT2D eigenvalue weighted by molar-refractivity contribution is 0.0906. The lowest BCUT2D eigenvalue weighted by atomic mass is 10.0. The molecule has 31 heavy (non-hydrogen) atoms. The minimum Gasteiger partial charge on any atom is -0.376 e. The molecule has 1 aromatic heterocycles. The van der Waals surface area contributed by atoms with Crippen LogP contribution in [0.25, 0.3) is 0 Å². The molecule has 2 aromatic carbocycles. The number of aryl methyl sites for hydroxylation is 1. The first-order valence-electron chi connectivity index (χ1n) is 11.3. The van der Waals surface area contributed by atoms with E-state index in [0.29, 0.717) is 6.54 Å². The van der Waals surface area contributed by atoms with E-state index >= 15 is 0 Å². The zero-order valence-corrected chi connectivity index (χ0v) is 18.1. The Morgan fingerprint density at radius 2 is 1.77 bits per heavy atom. The molecule has 7 nitrogen and oxygen atoms in total. The van der Waals surface area contributed by atoms with Crippen LogP contribution >= 0.6 is 0 Å². The van der Waals surface area contributed by atoms with E-state index in [0.717, 1.165) is 51.5 Å². The summed E-state index contributed by atoms with van der Waals surface area (Å²) in [6, 6.07) is 19.5. The molecule has 3 aromatic rings. The number of aromatic nitrogens is 4. The van der Waals surface area contributed by atoms with Gasteiger partial charge in [-0.2, -0.15) is 0 Å². The molecule has 3 heterocycles. The molecular formula is C24H30N6O. The van der Waals surface area contributed by atoms with Crippen molar-refractivity contribution in [3.63, 3.8) is 0 Å². The summed E-state index contributed by atoms with van der Waals surface area (Å²) >= 11 is 0. The monoisotopic (exact) mass is 418 g/mol. The predicted octanol–water partition coefficient (Wildman–Crippen LogP) is 3.07. The van der Waals surface area contributed by atoms with Crippen molar-refractivity contribution in [2.75, 3.05) is 37.7 Å². The van der Waals surface area contributed by atoms with Crippen LogP contribution in [0.1, 0.15) is 35.8 Å². The molecule has 2 saturated heterocycles. The van der Waals surface area contributed by atoms with Crippen LogP contribution in [0.4, 0.5) is 5.69 Å². The average Bonchev–Trinajstić information content (AvgIpc) is 3.49. The Hall–Kier alpha value is -2.77. The molecule has 0 unspecified atom stereocenters. The van der Waals surface area contributed by atoms with Gasteiger partial charge in [-0.3, -0.25) is 4.90 Å². The number of para-hydroxylation sites is 1. The zero-order chi connectivity index (χ0) is 21.0. The van der Waals surface area contributed by atoms with E-state index in [2.05, 4.69) is 86.8 Å². The minimum atomic E-state index is 0.0370. The van der Waals surface area contributed by atoms with Gasteiger partial charge in [0.1, 0.15) is 0 Å². The molecule has 0 spiro atoms. The number of piperazine rings is 1. The maximum Gasteiger partial charge on any atom is 0.173 e. The summed E-state index contributed by atoms with van der Waals surface area (Å²) in [5.41, 5.74) is 3.79. The number of anilines is 1. The highest BCUT2D eigenvalue weighted by atomic mass is 16.5. The fraction of sp³-hybridized carbons (Fsp3) is 0.458. The number of hydrogen-bond donors (Lipinski definition) is 0. The Morgan fingerprint density at radius 3 is 2.48 bits per heavy atom. The molecule has 2 atom stereocenters. The van der Waals surface area contributed by atoms with Gasteiger partial charge in [0.15, 0.2) is 5.82 Å². The molecule has 162 valence electrons. The molecule has 0 aliphatic carbocycles. The minimum absolute atomic E-state index is 0.0370. The molecule has 2 aliphatic rings. The standard InChI is InChI=1S/C24H30N6O/c1-19-9-11-20(12-10-19)23(24-25-26-27-30(24)18-22-8-5-17-31-22)29-15-13-28(14-16-29)21-6-3-2-4-7-21/h2-4,6-7,9-12,22-23H,5,8,13-18H2,1H3/t22-,23+/m1/s1. The summed E-state index contributed by atoms with van der Waals surface area (Å²) in [5.74, 6) is 0.910. The van der Waals surface area contributed by atoms with E-state index in [1.165, 1.54) is 16.8 Å². The highest BCUT2D eigenvalue weighted by molar-refractivity contribution is 5.46. The summed E-state index contributed by atoms with van der Waals surface area (Å²) in [4.78, 5) is 4.97. The average molecular weight is 419 g/mol. The molecule has 7 heteroatoms. The topological polar surface area (TPSA) is 59.3 Å². The number of tetrazole rings is 1. The van der Waals surface area contributed by atoms with Crippen LogP contribution in [0.5, 0.6) is 0 Å². The van der Waals surface area contributed by atoms with Gasteiger partial charge in [0.25, 0.3) is 0 Å². The maximum absolute atomic E-state index is 5.85. The second kappa shape index (κ2) is 9.16. The van der Waals surface area contributed by atoms with Crippen molar-refractivity contribution in [2.45, 2.75) is 38.5 Å². The van der Waals surface area contributed by atoms with Crippen LogP contribution in [0, 0.1) is 6.92 Å². The van der Waals surface area contributed by atoms with Gasteiger partial charge < -0.3 is 9.64 Å². The Kier molecular flexibility index (Phi) is 5.95. The van der Waals surface area contributed by atoms with E-state index in [1.54, 1.807) is 0 Å². The van der Waals surface area contributed by atoms with Crippen molar-refractivity contribution in [3.8, 4) is 0 Å². The number of ether oxygens (including phenoxy) is 1. The largest absolute Gasteiger partial charge is 0.376 e. The van der Waals surface area contributed by atoms with Gasteiger partial charge in [-0.15, -0.1) is 5.10 Å². The number of benzene rings is 2. The second-order valence-corrected chi connectivity index (χ2v) is 8.53. The van der Waals surface area contributed by atoms with Gasteiger partial charge in [0.2, 0.25) is 0 Å². The highest BCUT2D eigenvalue weighted by Gasteiger charge is 2.31. The van der Waals surface area contributed by atoms with Crippen molar-refractivity contribution in [3.05, 3.63) is 71.5 Å². The Morgan fingerprint density at radius 1 is 1.00 bits per heavy atom. The molecular weight excluding hydrogens is 388 g/mol. The van der Waals surface area contributed by atoms with E-state index in [4.69, 9.17) is 4.74 Å². The fourth-order valence-corrected chi connectivity index (χ4v) is 4.67. The fourth-order valence-electron chi connectivity index (χ4n) is 4.67. The first-order valence-corrected chi connectivity index (χ1v) is 11.3. The molecule has 2 fully saturated rings. The number of rotatable bonds is 6. The summed E-state index contributed by atoms with van der Waals surface area (Å²) in [6.07, 6.45) is 2.39. The van der Waals surface area contributed by atoms with Crippen LogP contribution in [0.15, 0.2) is 54.6 Å². The van der Waals surface area contributed by atoms with Crippen molar-refractivity contribution in [1.82, 2.24) is 25.1 Å². The third kappa shape index (κ3) is 4.48. The van der Waals surface area contributed by atoms with Crippen LogP contribution in [-0.2, 0) is 11.3 Å². The SMILES string of the molecule is Cc1ccc([C@@H](c2nnnn2C[C@H]2CCCO2)N2CCN(c3ccccc3)CC2)cc1. The molecule has 5 rings (SSSR count). The molecule has 0 amide bonds. The predicted molar refractivity (Wildman–Crippen MR) is 120 cm³/mol. The number of hydrogen-bond acceptors (Lipinski definition) is 6. The highest BCUT2D eigenvalue weighted by Crippen LogP contribution is 2.30. The Bertz CT molecular complexity index is 959. The summed E-state index contributed by atoms with van der Waals surface area (Å²) in [5, 5.41) is 12.9. The van der Waals surface area contributed by atoms with Gasteiger partial charge in [-0.1, -0.05) is 48.0 Å². The summed E-state index contributed by atoms with van der Waals surface area (Å²) in [7, 11) is 0. The molecule has 0 saturated carbocycles. The van der Waals surface area contributed by atoms with Crippen molar-refractivity contribution >= 4 is 5.69 Å². The molecule has 0 bridgehead atoms. The second-order valence-electron chi connectivity index (χ2n) is 8.53. The Labute approximate surface area is 183 Å². The quantitative estimate of drug-likeness (QED) is 0.613. The molecule has 2 aliphatic heterocycles. The van der Waals surface area contributed by atoms with Crippen LogP contribution in [-0.4, -0.2) is 64.0 Å². The first kappa shape index (κ1) is 20.2. The maximum atomic E-state index is 5.85. The number of nitrogens with zero attached hydrogens (tertiary/aromatic N) is 6. The van der Waals surface area contributed by atoms with E-state index in [1.807, 2.05) is 4.68 Å². The van der Waals surface area contributed by atoms with Crippen LogP contribution in [0.2, 0.25) is 0 Å². The summed E-state index contributed by atoms with van der Waals surface area (Å²) < 4.78 is 7.82. The van der Waals surface area contributed by atoms with E-state index in [-0.39, 0.29) is 12.1 Å². The lowest BCUT2D eigenvalue weighted by Crippen LogP contribution is -2.48. The van der Waals surface area contributed by atoms with Crippen molar-refractivity contribution in [1.29, 1.82) is 0 Å². The van der Waals surface area contributed by atoms with E-state index < -0.39 is 0 Å². The van der Waals surface area contributed by atoms with Gasteiger partial charge in [0, 0.05) is 38.5 Å². The zero-order valence-electron chi connectivity index (χ0n) is 18.1. The molecule has 0 radical (unpaired) electrons. The lowest BCUT2D eigenvalue weighted by Gasteiger charge is -2.40. The summed E-state index contributed by atoms with van der Waals surface area (Å²) in [6.45, 7) is 7.57. The van der Waals surface area contributed by atoms with Crippen molar-refractivity contribution in [2.24, 2.45) is 0 Å². The van der Waals surface area contributed by atoms with Crippen LogP contribution < -0.4 is 4.90 Å². The smallest absolute Gasteiger partial charge is 0.173 e. The van der Waals surface area contributed by atoms with Crippen LogP contribution in [0.3, 0.4) is 0 Å². The van der Waals surface area contributed by atoms with E-state index in [9.17, 15) is 0 Å². The van der Waals surface area contributed by atoms with Gasteiger partial charge in [-0.25, -0.2) is 4.68 Å². The third-order valence-electron chi connectivity index (χ3n) is 6.40.